The Labute approximate surface area is 126 Å². The van der Waals surface area contributed by atoms with E-state index in [0.717, 1.165) is 18.5 Å². The van der Waals surface area contributed by atoms with Crippen molar-refractivity contribution >= 4 is 47.6 Å². The Kier molecular flexibility index (Phi) is 4.22. The third kappa shape index (κ3) is 3.52. The minimum atomic E-state index is -3.88. The molecular formula is C11H7Br2FN2O2S. The first-order valence-corrected chi connectivity index (χ1v) is 8.04. The van der Waals surface area contributed by atoms with Crippen LogP contribution < -0.4 is 4.72 Å². The Hall–Kier alpha value is -0.990. The Morgan fingerprint density at radius 2 is 1.89 bits per heavy atom. The summed E-state index contributed by atoms with van der Waals surface area (Å²) in [6, 6.07) is 5.94. The maximum atomic E-state index is 13.0. The average molecular weight is 410 g/mol. The second kappa shape index (κ2) is 5.56. The number of nitrogens with zero attached hydrogens (tertiary/aromatic N) is 1. The van der Waals surface area contributed by atoms with Gasteiger partial charge in [-0.1, -0.05) is 15.9 Å². The number of halogens is 3. The Morgan fingerprint density at radius 1 is 1.16 bits per heavy atom. The number of sulfonamides is 1. The van der Waals surface area contributed by atoms with Crippen molar-refractivity contribution in [2.24, 2.45) is 0 Å². The molecule has 4 nitrogen and oxygen atoms in total. The molecule has 0 atom stereocenters. The maximum absolute atomic E-state index is 13.0. The molecule has 0 fully saturated rings. The van der Waals surface area contributed by atoms with Crippen LogP contribution in [0.4, 0.5) is 10.1 Å². The third-order valence-corrected chi connectivity index (χ3v) is 4.68. The van der Waals surface area contributed by atoms with Crippen molar-refractivity contribution in [2.45, 2.75) is 4.90 Å². The summed E-state index contributed by atoms with van der Waals surface area (Å²) in [5, 5.41) is 0. The Morgan fingerprint density at radius 3 is 2.58 bits per heavy atom. The largest absolute Gasteiger partial charge is 0.278 e. The van der Waals surface area contributed by atoms with E-state index in [9.17, 15) is 12.8 Å². The van der Waals surface area contributed by atoms with Gasteiger partial charge in [-0.05, 0) is 40.2 Å². The summed E-state index contributed by atoms with van der Waals surface area (Å²) >= 11 is 6.48. The van der Waals surface area contributed by atoms with Gasteiger partial charge >= 0.3 is 0 Å². The van der Waals surface area contributed by atoms with E-state index in [1.54, 1.807) is 18.2 Å². The molecule has 0 radical (unpaired) electrons. The van der Waals surface area contributed by atoms with Crippen molar-refractivity contribution in [1.82, 2.24) is 4.98 Å². The summed E-state index contributed by atoms with van der Waals surface area (Å²) in [6.45, 7) is 0. The van der Waals surface area contributed by atoms with E-state index < -0.39 is 15.8 Å². The molecule has 0 aliphatic heterocycles. The minimum absolute atomic E-state index is 0.237. The number of aromatic nitrogens is 1. The van der Waals surface area contributed by atoms with Crippen LogP contribution in [0.15, 0.2) is 50.5 Å². The first kappa shape index (κ1) is 14.4. The molecule has 0 spiro atoms. The number of hydrogen-bond donors (Lipinski definition) is 1. The van der Waals surface area contributed by atoms with Crippen molar-refractivity contribution in [2.75, 3.05) is 4.72 Å². The highest BCUT2D eigenvalue weighted by molar-refractivity contribution is 9.11. The Balaban J connectivity index is 2.39. The molecule has 100 valence electrons. The van der Waals surface area contributed by atoms with Gasteiger partial charge in [0.15, 0.2) is 0 Å². The normalized spacial score (nSPS) is 11.3. The van der Waals surface area contributed by atoms with E-state index >= 15 is 0 Å². The highest BCUT2D eigenvalue weighted by atomic mass is 79.9. The fourth-order valence-electron chi connectivity index (χ4n) is 1.32. The van der Waals surface area contributed by atoms with Gasteiger partial charge < -0.3 is 0 Å². The Bertz CT molecular complexity index is 722. The molecule has 0 amide bonds. The van der Waals surface area contributed by atoms with Crippen LogP contribution in [-0.2, 0) is 10.0 Å². The molecule has 2 rings (SSSR count). The molecule has 2 aromatic rings. The van der Waals surface area contributed by atoms with Gasteiger partial charge in [0, 0.05) is 15.1 Å². The van der Waals surface area contributed by atoms with E-state index in [1.807, 2.05) is 0 Å². The fraction of sp³-hybridized carbons (Fsp3) is 0. The smallest absolute Gasteiger partial charge is 0.263 e. The lowest BCUT2D eigenvalue weighted by molar-refractivity contribution is 0.592. The standard InChI is InChI=1S/C11H7Br2FN2O2S/c12-7-1-2-10(13)11(3-7)16-19(17,18)9-4-8(14)5-15-6-9/h1-6,16H. The zero-order chi connectivity index (χ0) is 14.0. The summed E-state index contributed by atoms with van der Waals surface area (Å²) in [4.78, 5) is 3.28. The van der Waals surface area contributed by atoms with E-state index in [0.29, 0.717) is 14.6 Å². The van der Waals surface area contributed by atoms with Gasteiger partial charge in [-0.3, -0.25) is 9.71 Å². The minimum Gasteiger partial charge on any atom is -0.278 e. The van der Waals surface area contributed by atoms with Crippen LogP contribution in [0.5, 0.6) is 0 Å². The average Bonchev–Trinajstić information content (AvgIpc) is 2.33. The van der Waals surface area contributed by atoms with Gasteiger partial charge in [0.25, 0.3) is 10.0 Å². The van der Waals surface area contributed by atoms with Gasteiger partial charge in [-0.25, -0.2) is 12.8 Å². The van der Waals surface area contributed by atoms with Gasteiger partial charge in [0.1, 0.15) is 10.7 Å². The summed E-state index contributed by atoms with van der Waals surface area (Å²) in [7, 11) is -3.88. The maximum Gasteiger partial charge on any atom is 0.263 e. The molecule has 1 heterocycles. The lowest BCUT2D eigenvalue weighted by atomic mass is 10.3. The summed E-state index contributed by atoms with van der Waals surface area (Å²) in [5.74, 6) is -0.712. The van der Waals surface area contributed by atoms with Crippen LogP contribution in [-0.4, -0.2) is 13.4 Å². The predicted octanol–water partition coefficient (Wildman–Crippen LogP) is 3.55. The quantitative estimate of drug-likeness (QED) is 0.843. The van der Waals surface area contributed by atoms with Gasteiger partial charge in [0.05, 0.1) is 11.9 Å². The lowest BCUT2D eigenvalue weighted by Crippen LogP contribution is -2.13. The first-order valence-electron chi connectivity index (χ1n) is 4.97. The van der Waals surface area contributed by atoms with Crippen molar-refractivity contribution in [3.63, 3.8) is 0 Å². The highest BCUT2D eigenvalue weighted by Crippen LogP contribution is 2.28. The molecule has 1 aromatic heterocycles. The molecule has 0 bridgehead atoms. The van der Waals surface area contributed by atoms with Crippen molar-refractivity contribution in [3.8, 4) is 0 Å². The molecule has 0 aliphatic carbocycles. The van der Waals surface area contributed by atoms with Crippen LogP contribution in [0.2, 0.25) is 0 Å². The molecule has 0 saturated carbocycles. The van der Waals surface area contributed by atoms with Crippen molar-refractivity contribution in [3.05, 3.63) is 51.4 Å². The molecule has 1 aromatic carbocycles. The zero-order valence-corrected chi connectivity index (χ0v) is 13.3. The molecular weight excluding hydrogens is 403 g/mol. The second-order valence-corrected chi connectivity index (χ2v) is 7.02. The molecule has 1 N–H and O–H groups in total. The molecule has 19 heavy (non-hydrogen) atoms. The fourth-order valence-corrected chi connectivity index (χ4v) is 3.20. The van der Waals surface area contributed by atoms with Gasteiger partial charge in [-0.15, -0.1) is 0 Å². The van der Waals surface area contributed by atoms with E-state index in [2.05, 4.69) is 41.6 Å². The number of nitrogens with one attached hydrogen (secondary N) is 1. The summed E-state index contributed by atoms with van der Waals surface area (Å²) in [6.07, 6.45) is 2.02. The SMILES string of the molecule is O=S(=O)(Nc1cc(Br)ccc1Br)c1cncc(F)c1. The monoisotopic (exact) mass is 408 g/mol. The number of rotatable bonds is 3. The van der Waals surface area contributed by atoms with Crippen LogP contribution in [0, 0.1) is 5.82 Å². The van der Waals surface area contributed by atoms with Crippen LogP contribution in [0.25, 0.3) is 0 Å². The van der Waals surface area contributed by atoms with Gasteiger partial charge in [-0.2, -0.15) is 0 Å². The molecule has 0 unspecified atom stereocenters. The predicted molar refractivity (Wildman–Crippen MR) is 76.8 cm³/mol. The summed E-state index contributed by atoms with van der Waals surface area (Å²) in [5.41, 5.74) is 0.346. The van der Waals surface area contributed by atoms with E-state index in [4.69, 9.17) is 0 Å². The molecule has 8 heteroatoms. The summed E-state index contributed by atoms with van der Waals surface area (Å²) < 4.78 is 40.8. The van der Waals surface area contributed by atoms with Crippen molar-refractivity contribution in [1.29, 1.82) is 0 Å². The third-order valence-electron chi connectivity index (χ3n) is 2.16. The molecule has 0 saturated heterocycles. The number of pyridine rings is 1. The highest BCUT2D eigenvalue weighted by Gasteiger charge is 2.17. The van der Waals surface area contributed by atoms with Crippen molar-refractivity contribution < 1.29 is 12.8 Å². The van der Waals surface area contributed by atoms with E-state index in [1.165, 1.54) is 0 Å². The van der Waals surface area contributed by atoms with Gasteiger partial charge in [0.2, 0.25) is 0 Å². The van der Waals surface area contributed by atoms with E-state index in [-0.39, 0.29) is 4.90 Å². The lowest BCUT2D eigenvalue weighted by Gasteiger charge is -2.10. The number of hydrogen-bond acceptors (Lipinski definition) is 3. The van der Waals surface area contributed by atoms with Crippen LogP contribution in [0.3, 0.4) is 0 Å². The number of anilines is 1. The molecule has 0 aliphatic rings. The topological polar surface area (TPSA) is 59.1 Å². The van der Waals surface area contributed by atoms with Crippen LogP contribution in [0.1, 0.15) is 0 Å². The van der Waals surface area contributed by atoms with Crippen LogP contribution >= 0.6 is 31.9 Å². The number of benzene rings is 1. The zero-order valence-electron chi connectivity index (χ0n) is 9.27. The first-order chi connectivity index (χ1) is 8.88. The second-order valence-electron chi connectivity index (χ2n) is 3.57.